The van der Waals surface area contributed by atoms with Crippen molar-refractivity contribution in [2.24, 2.45) is 0 Å². The van der Waals surface area contributed by atoms with E-state index in [4.69, 9.17) is 0 Å². The third-order valence-electron chi connectivity index (χ3n) is 2.41. The molecule has 1 amide bonds. The number of aromatic nitrogens is 4. The quantitative estimate of drug-likeness (QED) is 0.718. The first-order chi connectivity index (χ1) is 9.29. The van der Waals surface area contributed by atoms with E-state index in [0.29, 0.717) is 18.2 Å². The highest BCUT2D eigenvalue weighted by atomic mass is 16.1. The summed E-state index contributed by atoms with van der Waals surface area (Å²) >= 11 is 0. The maximum atomic E-state index is 11.8. The van der Waals surface area contributed by atoms with E-state index in [0.717, 1.165) is 13.0 Å². The zero-order valence-corrected chi connectivity index (χ0v) is 10.7. The van der Waals surface area contributed by atoms with Crippen molar-refractivity contribution < 1.29 is 4.79 Å². The summed E-state index contributed by atoms with van der Waals surface area (Å²) in [6.45, 7) is 3.24. The zero-order chi connectivity index (χ0) is 13.5. The van der Waals surface area contributed by atoms with Gasteiger partial charge in [-0.2, -0.15) is 0 Å². The molecule has 0 saturated heterocycles. The number of carbonyl (C=O) groups excluding carboxylic acids is 1. The Kier molecular flexibility index (Phi) is 4.44. The van der Waals surface area contributed by atoms with E-state index in [1.807, 2.05) is 0 Å². The standard InChI is InChI=1S/C12H16N6O/c1-2-3-13-11-7-16-9(6-17-11)12(19)18-8-10-14-4-5-15-10/h4-7H,2-3,8H2,1H3,(H,13,17)(H,14,15)(H,18,19). The van der Waals surface area contributed by atoms with Crippen LogP contribution in [-0.2, 0) is 6.54 Å². The topological polar surface area (TPSA) is 95.6 Å². The van der Waals surface area contributed by atoms with Gasteiger partial charge in [-0.25, -0.2) is 15.0 Å². The maximum absolute atomic E-state index is 11.8. The predicted molar refractivity (Wildman–Crippen MR) is 70.6 cm³/mol. The van der Waals surface area contributed by atoms with Crippen LogP contribution in [0.2, 0.25) is 0 Å². The number of hydrogen-bond donors (Lipinski definition) is 3. The molecule has 7 nitrogen and oxygen atoms in total. The molecule has 2 aromatic rings. The Morgan fingerprint density at radius 1 is 1.32 bits per heavy atom. The zero-order valence-electron chi connectivity index (χ0n) is 10.7. The molecule has 0 saturated carbocycles. The lowest BCUT2D eigenvalue weighted by Crippen LogP contribution is -2.24. The van der Waals surface area contributed by atoms with Crippen LogP contribution in [0, 0.1) is 0 Å². The van der Waals surface area contributed by atoms with Crippen LogP contribution in [0.1, 0.15) is 29.7 Å². The summed E-state index contributed by atoms with van der Waals surface area (Å²) in [5.74, 6) is 1.10. The fourth-order valence-corrected chi connectivity index (χ4v) is 1.44. The van der Waals surface area contributed by atoms with Gasteiger partial charge < -0.3 is 15.6 Å². The van der Waals surface area contributed by atoms with Gasteiger partial charge in [0.2, 0.25) is 0 Å². The van der Waals surface area contributed by atoms with E-state index in [9.17, 15) is 4.79 Å². The van der Waals surface area contributed by atoms with Crippen molar-refractivity contribution in [2.75, 3.05) is 11.9 Å². The van der Waals surface area contributed by atoms with Gasteiger partial charge in [-0.3, -0.25) is 4.79 Å². The first-order valence-electron chi connectivity index (χ1n) is 6.12. The number of aromatic amines is 1. The molecule has 2 aromatic heterocycles. The van der Waals surface area contributed by atoms with Crippen LogP contribution in [0.15, 0.2) is 24.8 Å². The highest BCUT2D eigenvalue weighted by molar-refractivity contribution is 5.91. The fourth-order valence-electron chi connectivity index (χ4n) is 1.44. The Hall–Kier alpha value is -2.44. The lowest BCUT2D eigenvalue weighted by atomic mass is 10.4. The second-order valence-electron chi connectivity index (χ2n) is 3.93. The van der Waals surface area contributed by atoms with E-state index >= 15 is 0 Å². The van der Waals surface area contributed by atoms with Gasteiger partial charge in [-0.15, -0.1) is 0 Å². The molecule has 100 valence electrons. The summed E-state index contributed by atoms with van der Waals surface area (Å²) in [7, 11) is 0. The Labute approximate surface area is 110 Å². The summed E-state index contributed by atoms with van der Waals surface area (Å²) in [5.41, 5.74) is 0.286. The molecular weight excluding hydrogens is 244 g/mol. The predicted octanol–water partition coefficient (Wildman–Crippen LogP) is 0.952. The van der Waals surface area contributed by atoms with Crippen LogP contribution in [0.3, 0.4) is 0 Å². The van der Waals surface area contributed by atoms with Gasteiger partial charge >= 0.3 is 0 Å². The van der Waals surface area contributed by atoms with E-state index < -0.39 is 0 Å². The van der Waals surface area contributed by atoms with Gasteiger partial charge in [0, 0.05) is 18.9 Å². The number of carbonyl (C=O) groups is 1. The molecule has 0 bridgehead atoms. The van der Waals surface area contributed by atoms with Crippen LogP contribution in [-0.4, -0.2) is 32.4 Å². The minimum Gasteiger partial charge on any atom is -0.369 e. The number of hydrogen-bond acceptors (Lipinski definition) is 5. The molecule has 0 fully saturated rings. The summed E-state index contributed by atoms with van der Waals surface area (Å²) in [5, 5.41) is 5.80. The number of nitrogens with one attached hydrogen (secondary N) is 3. The molecule has 7 heteroatoms. The van der Waals surface area contributed by atoms with Crippen molar-refractivity contribution in [3.05, 3.63) is 36.3 Å². The van der Waals surface area contributed by atoms with Crippen LogP contribution in [0.25, 0.3) is 0 Å². The average Bonchev–Trinajstić information content (AvgIpc) is 2.96. The molecule has 2 rings (SSSR count). The highest BCUT2D eigenvalue weighted by Crippen LogP contribution is 2.01. The molecule has 0 radical (unpaired) electrons. The van der Waals surface area contributed by atoms with Crippen LogP contribution in [0.4, 0.5) is 5.82 Å². The van der Waals surface area contributed by atoms with E-state index in [2.05, 4.69) is 37.5 Å². The molecule has 0 spiro atoms. The number of nitrogens with zero attached hydrogens (tertiary/aromatic N) is 3. The van der Waals surface area contributed by atoms with E-state index in [1.54, 1.807) is 18.6 Å². The molecule has 0 aliphatic rings. The Morgan fingerprint density at radius 2 is 2.21 bits per heavy atom. The maximum Gasteiger partial charge on any atom is 0.271 e. The summed E-state index contributed by atoms with van der Waals surface area (Å²) in [6, 6.07) is 0. The van der Waals surface area contributed by atoms with E-state index in [-0.39, 0.29) is 11.6 Å². The number of amides is 1. The number of anilines is 1. The first kappa shape index (κ1) is 13.0. The lowest BCUT2D eigenvalue weighted by molar-refractivity contribution is 0.0944. The van der Waals surface area contributed by atoms with Gasteiger partial charge in [-0.1, -0.05) is 6.92 Å². The van der Waals surface area contributed by atoms with Crippen molar-refractivity contribution in [3.63, 3.8) is 0 Å². The van der Waals surface area contributed by atoms with Gasteiger partial charge in [0.25, 0.3) is 5.91 Å². The Balaban J connectivity index is 1.88. The monoisotopic (exact) mass is 260 g/mol. The van der Waals surface area contributed by atoms with E-state index in [1.165, 1.54) is 6.20 Å². The van der Waals surface area contributed by atoms with Gasteiger partial charge in [0.1, 0.15) is 17.3 Å². The molecule has 0 aromatic carbocycles. The molecule has 0 atom stereocenters. The molecule has 2 heterocycles. The van der Waals surface area contributed by atoms with Crippen molar-refractivity contribution in [1.29, 1.82) is 0 Å². The number of H-pyrrole nitrogens is 1. The number of rotatable bonds is 6. The average molecular weight is 260 g/mol. The molecule has 0 aliphatic heterocycles. The third-order valence-corrected chi connectivity index (χ3v) is 2.41. The summed E-state index contributed by atoms with van der Waals surface area (Å²) in [6.07, 6.45) is 7.35. The highest BCUT2D eigenvalue weighted by Gasteiger charge is 2.08. The Bertz CT molecular complexity index is 508. The molecule has 3 N–H and O–H groups in total. The van der Waals surface area contributed by atoms with Gasteiger partial charge in [0.15, 0.2) is 0 Å². The second-order valence-corrected chi connectivity index (χ2v) is 3.93. The molecule has 19 heavy (non-hydrogen) atoms. The largest absolute Gasteiger partial charge is 0.369 e. The first-order valence-corrected chi connectivity index (χ1v) is 6.12. The molecular formula is C12H16N6O. The third kappa shape index (κ3) is 3.77. The van der Waals surface area contributed by atoms with Gasteiger partial charge in [0.05, 0.1) is 18.9 Å². The minimum absolute atomic E-state index is 0.272. The van der Waals surface area contributed by atoms with Crippen LogP contribution >= 0.6 is 0 Å². The van der Waals surface area contributed by atoms with Crippen molar-refractivity contribution in [2.45, 2.75) is 19.9 Å². The second kappa shape index (κ2) is 6.48. The minimum atomic E-state index is -0.272. The Morgan fingerprint density at radius 3 is 2.84 bits per heavy atom. The summed E-state index contributed by atoms with van der Waals surface area (Å²) in [4.78, 5) is 26.9. The fraction of sp³-hybridized carbons (Fsp3) is 0.333. The SMILES string of the molecule is CCCNc1cnc(C(=O)NCc2ncc[nH]2)cn1. The van der Waals surface area contributed by atoms with Crippen molar-refractivity contribution in [1.82, 2.24) is 25.3 Å². The lowest BCUT2D eigenvalue weighted by Gasteiger charge is -2.05. The number of imidazole rings is 1. The smallest absolute Gasteiger partial charge is 0.271 e. The van der Waals surface area contributed by atoms with Crippen LogP contribution < -0.4 is 10.6 Å². The van der Waals surface area contributed by atoms with Crippen molar-refractivity contribution in [3.8, 4) is 0 Å². The van der Waals surface area contributed by atoms with Crippen LogP contribution in [0.5, 0.6) is 0 Å². The molecule has 0 unspecified atom stereocenters. The summed E-state index contributed by atoms with van der Waals surface area (Å²) < 4.78 is 0. The normalized spacial score (nSPS) is 10.2. The van der Waals surface area contributed by atoms with Crippen molar-refractivity contribution >= 4 is 11.7 Å². The molecule has 0 aliphatic carbocycles. The van der Waals surface area contributed by atoms with Gasteiger partial charge in [-0.05, 0) is 6.42 Å².